The second-order valence-electron chi connectivity index (χ2n) is 4.63. The van der Waals surface area contributed by atoms with Crippen LogP contribution in [0.3, 0.4) is 0 Å². The Balaban J connectivity index is 1.90. The predicted octanol–water partition coefficient (Wildman–Crippen LogP) is 3.76. The van der Waals surface area contributed by atoms with Gasteiger partial charge in [0, 0.05) is 32.2 Å². The normalized spacial score (nSPS) is 10.8. The van der Waals surface area contributed by atoms with Crippen LogP contribution in [0.5, 0.6) is 5.75 Å². The number of thiophene rings is 1. The SMILES string of the molecule is COCCNCc1cccc(Cl)c1OCCc1ccsc1. The van der Waals surface area contributed by atoms with Crippen LogP contribution in [0.1, 0.15) is 11.1 Å². The number of ether oxygens (including phenoxy) is 2. The molecule has 0 saturated heterocycles. The summed E-state index contributed by atoms with van der Waals surface area (Å²) in [6.07, 6.45) is 0.894. The zero-order valence-electron chi connectivity index (χ0n) is 12.1. The lowest BCUT2D eigenvalue weighted by molar-refractivity contribution is 0.199. The average Bonchev–Trinajstić information content (AvgIpc) is 2.99. The van der Waals surface area contributed by atoms with Gasteiger partial charge in [-0.05, 0) is 28.5 Å². The Morgan fingerprint density at radius 3 is 2.90 bits per heavy atom. The molecule has 1 aromatic carbocycles. The van der Waals surface area contributed by atoms with Gasteiger partial charge in [-0.15, -0.1) is 0 Å². The number of hydrogen-bond donors (Lipinski definition) is 1. The first-order valence-corrected chi connectivity index (χ1v) is 8.24. The average molecular weight is 326 g/mol. The van der Waals surface area contributed by atoms with Crippen LogP contribution in [0.15, 0.2) is 35.0 Å². The molecule has 1 aromatic heterocycles. The Morgan fingerprint density at radius 1 is 1.24 bits per heavy atom. The summed E-state index contributed by atoms with van der Waals surface area (Å²) in [6, 6.07) is 7.96. The molecule has 0 saturated carbocycles. The van der Waals surface area contributed by atoms with Gasteiger partial charge < -0.3 is 14.8 Å². The van der Waals surface area contributed by atoms with Crippen LogP contribution in [0.2, 0.25) is 5.02 Å². The fourth-order valence-corrected chi connectivity index (χ4v) is 2.91. The first-order valence-electron chi connectivity index (χ1n) is 6.92. The summed E-state index contributed by atoms with van der Waals surface area (Å²) in [5, 5.41) is 8.19. The van der Waals surface area contributed by atoms with Crippen molar-refractivity contribution in [1.29, 1.82) is 0 Å². The highest BCUT2D eigenvalue weighted by molar-refractivity contribution is 7.07. The molecule has 0 aliphatic carbocycles. The van der Waals surface area contributed by atoms with E-state index in [-0.39, 0.29) is 0 Å². The van der Waals surface area contributed by atoms with E-state index < -0.39 is 0 Å². The minimum Gasteiger partial charge on any atom is -0.491 e. The second kappa shape index (κ2) is 9.05. The quantitative estimate of drug-likeness (QED) is 0.712. The third-order valence-corrected chi connectivity index (χ3v) is 4.09. The van der Waals surface area contributed by atoms with Gasteiger partial charge in [-0.3, -0.25) is 0 Å². The van der Waals surface area contributed by atoms with Crippen molar-refractivity contribution in [3.8, 4) is 5.75 Å². The summed E-state index contributed by atoms with van der Waals surface area (Å²) in [7, 11) is 1.69. The summed E-state index contributed by atoms with van der Waals surface area (Å²) in [6.45, 7) is 2.84. The van der Waals surface area contributed by atoms with Crippen molar-refractivity contribution < 1.29 is 9.47 Å². The molecular weight excluding hydrogens is 306 g/mol. The zero-order valence-corrected chi connectivity index (χ0v) is 13.7. The summed E-state index contributed by atoms with van der Waals surface area (Å²) in [5.74, 6) is 0.777. The van der Waals surface area contributed by atoms with Crippen molar-refractivity contribution in [3.63, 3.8) is 0 Å². The van der Waals surface area contributed by atoms with Gasteiger partial charge in [0.15, 0.2) is 0 Å². The Bertz CT molecular complexity index is 531. The number of methoxy groups -OCH3 is 1. The largest absolute Gasteiger partial charge is 0.491 e. The molecule has 0 radical (unpaired) electrons. The molecule has 0 fully saturated rings. The molecular formula is C16H20ClNO2S. The van der Waals surface area contributed by atoms with E-state index in [1.807, 2.05) is 18.2 Å². The van der Waals surface area contributed by atoms with Crippen LogP contribution in [0.25, 0.3) is 0 Å². The Labute approximate surface area is 134 Å². The molecule has 2 aromatic rings. The predicted molar refractivity (Wildman–Crippen MR) is 88.6 cm³/mol. The molecule has 0 unspecified atom stereocenters. The lowest BCUT2D eigenvalue weighted by Gasteiger charge is -2.13. The van der Waals surface area contributed by atoms with E-state index in [0.717, 1.165) is 30.8 Å². The Kier molecular flexibility index (Phi) is 7.03. The smallest absolute Gasteiger partial charge is 0.142 e. The maximum atomic E-state index is 6.25. The summed E-state index contributed by atoms with van der Waals surface area (Å²) in [4.78, 5) is 0. The molecule has 0 atom stereocenters. The third kappa shape index (κ3) is 5.32. The fourth-order valence-electron chi connectivity index (χ4n) is 1.96. The van der Waals surface area contributed by atoms with Crippen molar-refractivity contribution in [2.45, 2.75) is 13.0 Å². The molecule has 5 heteroatoms. The van der Waals surface area contributed by atoms with E-state index in [0.29, 0.717) is 18.2 Å². The van der Waals surface area contributed by atoms with Gasteiger partial charge >= 0.3 is 0 Å². The van der Waals surface area contributed by atoms with Gasteiger partial charge in [-0.25, -0.2) is 0 Å². The highest BCUT2D eigenvalue weighted by Gasteiger charge is 2.08. The van der Waals surface area contributed by atoms with Crippen LogP contribution in [0, 0.1) is 0 Å². The van der Waals surface area contributed by atoms with Crippen LogP contribution >= 0.6 is 22.9 Å². The Morgan fingerprint density at radius 2 is 2.14 bits per heavy atom. The van der Waals surface area contributed by atoms with Gasteiger partial charge in [0.25, 0.3) is 0 Å². The second-order valence-corrected chi connectivity index (χ2v) is 5.81. The molecule has 1 heterocycles. The number of benzene rings is 1. The molecule has 0 aliphatic heterocycles. The number of nitrogens with one attached hydrogen (secondary N) is 1. The van der Waals surface area contributed by atoms with E-state index in [4.69, 9.17) is 21.1 Å². The van der Waals surface area contributed by atoms with E-state index >= 15 is 0 Å². The minimum absolute atomic E-state index is 0.630. The van der Waals surface area contributed by atoms with Gasteiger partial charge in [0.2, 0.25) is 0 Å². The van der Waals surface area contributed by atoms with Crippen LogP contribution in [-0.2, 0) is 17.7 Å². The number of halogens is 1. The first-order chi connectivity index (χ1) is 10.3. The summed E-state index contributed by atoms with van der Waals surface area (Å²) < 4.78 is 10.9. The topological polar surface area (TPSA) is 30.5 Å². The lowest BCUT2D eigenvalue weighted by atomic mass is 10.2. The van der Waals surface area contributed by atoms with Crippen molar-refractivity contribution in [3.05, 3.63) is 51.2 Å². The maximum Gasteiger partial charge on any atom is 0.142 e. The monoisotopic (exact) mass is 325 g/mol. The highest BCUT2D eigenvalue weighted by atomic mass is 35.5. The zero-order chi connectivity index (χ0) is 14.9. The molecule has 114 valence electrons. The van der Waals surface area contributed by atoms with Crippen molar-refractivity contribution >= 4 is 22.9 Å². The number of hydrogen-bond acceptors (Lipinski definition) is 4. The first kappa shape index (κ1) is 16.3. The standard InChI is InChI=1S/C16H20ClNO2S/c1-19-9-7-18-11-14-3-2-4-15(17)16(14)20-8-5-13-6-10-21-12-13/h2-4,6,10,12,18H,5,7-9,11H2,1H3. The number of rotatable bonds is 9. The molecule has 0 bridgehead atoms. The third-order valence-electron chi connectivity index (χ3n) is 3.06. The van der Waals surface area contributed by atoms with E-state index in [1.54, 1.807) is 18.4 Å². The molecule has 21 heavy (non-hydrogen) atoms. The van der Waals surface area contributed by atoms with Crippen molar-refractivity contribution in [2.24, 2.45) is 0 Å². The van der Waals surface area contributed by atoms with Gasteiger partial charge in [0.05, 0.1) is 18.2 Å². The molecule has 2 rings (SSSR count). The molecule has 0 aliphatic rings. The van der Waals surface area contributed by atoms with Gasteiger partial charge in [-0.1, -0.05) is 23.7 Å². The van der Waals surface area contributed by atoms with E-state index in [9.17, 15) is 0 Å². The van der Waals surface area contributed by atoms with E-state index in [2.05, 4.69) is 22.1 Å². The van der Waals surface area contributed by atoms with Crippen molar-refractivity contribution in [2.75, 3.05) is 26.9 Å². The maximum absolute atomic E-state index is 6.25. The minimum atomic E-state index is 0.630. The molecule has 3 nitrogen and oxygen atoms in total. The summed E-state index contributed by atoms with van der Waals surface area (Å²) in [5.41, 5.74) is 2.37. The van der Waals surface area contributed by atoms with E-state index in [1.165, 1.54) is 5.56 Å². The van der Waals surface area contributed by atoms with Crippen LogP contribution < -0.4 is 10.1 Å². The van der Waals surface area contributed by atoms with Gasteiger partial charge in [-0.2, -0.15) is 11.3 Å². The highest BCUT2D eigenvalue weighted by Crippen LogP contribution is 2.28. The van der Waals surface area contributed by atoms with Crippen LogP contribution in [0.4, 0.5) is 0 Å². The van der Waals surface area contributed by atoms with Crippen LogP contribution in [-0.4, -0.2) is 26.9 Å². The summed E-state index contributed by atoms with van der Waals surface area (Å²) >= 11 is 7.96. The molecule has 0 spiro atoms. The van der Waals surface area contributed by atoms with Crippen molar-refractivity contribution in [1.82, 2.24) is 5.32 Å². The van der Waals surface area contributed by atoms with Gasteiger partial charge in [0.1, 0.15) is 5.75 Å². The fraction of sp³-hybridized carbons (Fsp3) is 0.375. The lowest BCUT2D eigenvalue weighted by Crippen LogP contribution is -2.19. The molecule has 0 amide bonds. The Hall–Kier alpha value is -1.07. The molecule has 1 N–H and O–H groups in total. The number of para-hydroxylation sites is 1.